The van der Waals surface area contributed by atoms with Crippen molar-refractivity contribution in [3.8, 4) is 11.8 Å². The molecule has 9 heteroatoms. The van der Waals surface area contributed by atoms with E-state index in [-0.39, 0.29) is 24.1 Å². The van der Waals surface area contributed by atoms with Crippen molar-refractivity contribution in [1.82, 2.24) is 14.9 Å². The van der Waals surface area contributed by atoms with Crippen LogP contribution in [0.5, 0.6) is 11.8 Å². The van der Waals surface area contributed by atoms with E-state index in [2.05, 4.69) is 25.1 Å². The molecule has 0 saturated carbocycles. The number of rotatable bonds is 7. The largest absolute Gasteiger partial charge is 0.508 e. The van der Waals surface area contributed by atoms with E-state index in [4.69, 9.17) is 15.2 Å². The average molecular weight is 372 g/mol. The molecule has 0 atom stereocenters. The summed E-state index contributed by atoms with van der Waals surface area (Å²) in [4.78, 5) is 10.5. The first-order valence-corrected chi connectivity index (χ1v) is 8.83. The smallest absolute Gasteiger partial charge is 0.320 e. The molecule has 27 heavy (non-hydrogen) atoms. The van der Waals surface area contributed by atoms with Gasteiger partial charge in [0.2, 0.25) is 0 Å². The molecule has 144 valence electrons. The Morgan fingerprint density at radius 1 is 1.26 bits per heavy atom. The molecule has 0 amide bonds. The van der Waals surface area contributed by atoms with E-state index in [1.165, 1.54) is 6.07 Å². The molecule has 1 fully saturated rings. The number of aromatic hydroxyl groups is 1. The van der Waals surface area contributed by atoms with E-state index in [0.29, 0.717) is 18.0 Å². The quantitative estimate of drug-likeness (QED) is 0.714. The van der Waals surface area contributed by atoms with Crippen LogP contribution < -0.4 is 10.5 Å². The van der Waals surface area contributed by atoms with Crippen molar-refractivity contribution in [2.45, 2.75) is 13.5 Å². The zero-order valence-electron chi connectivity index (χ0n) is 15.3. The van der Waals surface area contributed by atoms with Crippen LogP contribution in [0.1, 0.15) is 11.1 Å². The number of hydrogen-bond acceptors (Lipinski definition) is 9. The van der Waals surface area contributed by atoms with Crippen LogP contribution >= 0.6 is 0 Å². The first-order valence-electron chi connectivity index (χ1n) is 8.83. The number of aryl methyl sites for hydroxylation is 1. The van der Waals surface area contributed by atoms with Gasteiger partial charge in [0.1, 0.15) is 18.2 Å². The van der Waals surface area contributed by atoms with Crippen molar-refractivity contribution in [2.24, 2.45) is 10.2 Å². The Morgan fingerprint density at radius 3 is 2.89 bits per heavy atom. The number of morpholine rings is 1. The van der Waals surface area contributed by atoms with E-state index in [9.17, 15) is 5.11 Å². The molecule has 3 rings (SSSR count). The third-order valence-electron chi connectivity index (χ3n) is 4.10. The van der Waals surface area contributed by atoms with Crippen LogP contribution in [-0.2, 0) is 11.3 Å². The van der Waals surface area contributed by atoms with Crippen molar-refractivity contribution < 1.29 is 14.6 Å². The molecule has 3 N–H and O–H groups in total. The lowest BCUT2D eigenvalue weighted by atomic mass is 10.1. The van der Waals surface area contributed by atoms with Gasteiger partial charge >= 0.3 is 6.01 Å². The number of nitrogen functional groups attached to an aromatic ring is 1. The highest BCUT2D eigenvalue weighted by molar-refractivity contribution is 5.41. The summed E-state index contributed by atoms with van der Waals surface area (Å²) in [5.41, 5.74) is 7.54. The maximum atomic E-state index is 9.85. The van der Waals surface area contributed by atoms with E-state index >= 15 is 0 Å². The fourth-order valence-electron chi connectivity index (χ4n) is 2.66. The van der Waals surface area contributed by atoms with Crippen LogP contribution in [0.2, 0.25) is 0 Å². The van der Waals surface area contributed by atoms with Crippen molar-refractivity contribution in [3.63, 3.8) is 0 Å². The lowest BCUT2D eigenvalue weighted by molar-refractivity contribution is 0.0317. The fourth-order valence-corrected chi connectivity index (χ4v) is 2.66. The minimum atomic E-state index is 0.176. The summed E-state index contributed by atoms with van der Waals surface area (Å²) in [6.45, 7) is 6.70. The Bertz CT molecular complexity index is 793. The molecule has 0 radical (unpaired) electrons. The number of aromatic nitrogens is 2. The first-order chi connectivity index (χ1) is 13.1. The number of anilines is 1. The number of phenols is 1. The number of ether oxygens (including phenoxy) is 2. The topological polar surface area (TPSA) is 118 Å². The normalized spacial score (nSPS) is 15.3. The van der Waals surface area contributed by atoms with Gasteiger partial charge < -0.3 is 20.3 Å². The number of hydrogen-bond donors (Lipinski definition) is 2. The summed E-state index contributed by atoms with van der Waals surface area (Å²) in [7, 11) is 0. The second-order valence-electron chi connectivity index (χ2n) is 6.27. The Morgan fingerprint density at radius 2 is 2.07 bits per heavy atom. The molecule has 0 spiro atoms. The molecule has 1 saturated heterocycles. The van der Waals surface area contributed by atoms with Gasteiger partial charge in [-0.3, -0.25) is 4.90 Å². The molecule has 0 bridgehead atoms. The van der Waals surface area contributed by atoms with Crippen LogP contribution in [0.15, 0.2) is 34.5 Å². The van der Waals surface area contributed by atoms with E-state index < -0.39 is 0 Å². The van der Waals surface area contributed by atoms with Crippen LogP contribution in [0.25, 0.3) is 0 Å². The molecular formula is C18H24N6O3. The third kappa shape index (κ3) is 5.87. The summed E-state index contributed by atoms with van der Waals surface area (Å²) in [5, 5.41) is 18.0. The minimum Gasteiger partial charge on any atom is -0.508 e. The van der Waals surface area contributed by atoms with Gasteiger partial charge in [-0.15, -0.1) is 5.11 Å². The van der Waals surface area contributed by atoms with E-state index in [0.717, 1.165) is 38.4 Å². The zero-order valence-corrected chi connectivity index (χ0v) is 15.3. The van der Waals surface area contributed by atoms with Gasteiger partial charge in [-0.05, 0) is 13.0 Å². The van der Waals surface area contributed by atoms with Crippen LogP contribution in [0.3, 0.4) is 0 Å². The van der Waals surface area contributed by atoms with Crippen LogP contribution in [0.4, 0.5) is 11.6 Å². The molecule has 0 aliphatic carbocycles. The van der Waals surface area contributed by atoms with Crippen LogP contribution in [-0.4, -0.2) is 59.4 Å². The average Bonchev–Trinajstić information content (AvgIpc) is 2.65. The number of azo groups is 1. The summed E-state index contributed by atoms with van der Waals surface area (Å²) >= 11 is 0. The predicted molar refractivity (Wildman–Crippen MR) is 100 cm³/mol. The molecular weight excluding hydrogens is 348 g/mol. The van der Waals surface area contributed by atoms with Gasteiger partial charge in [-0.1, -0.05) is 17.7 Å². The number of nitrogens with two attached hydrogens (primary N) is 1. The first kappa shape index (κ1) is 19.0. The van der Waals surface area contributed by atoms with Gasteiger partial charge in [-0.2, -0.15) is 15.1 Å². The molecule has 2 aromatic rings. The summed E-state index contributed by atoms with van der Waals surface area (Å²) < 4.78 is 10.9. The van der Waals surface area contributed by atoms with Crippen molar-refractivity contribution in [1.29, 1.82) is 0 Å². The van der Waals surface area contributed by atoms with Gasteiger partial charge in [0.25, 0.3) is 0 Å². The number of phenolic OH excluding ortho intramolecular Hbond substituents is 1. The highest BCUT2D eigenvalue weighted by Crippen LogP contribution is 2.21. The SMILES string of the molecule is Cc1ccc(O)c(CN=Nc2cc(N)nc(OCCN3CCOCC3)n2)c1. The molecule has 1 aromatic carbocycles. The zero-order chi connectivity index (χ0) is 19.1. The number of benzene rings is 1. The molecule has 0 unspecified atom stereocenters. The second kappa shape index (κ2) is 9.24. The Kier molecular flexibility index (Phi) is 6.50. The standard InChI is InChI=1S/C18H24N6O3/c1-13-2-3-15(25)14(10-13)12-20-23-17-11-16(19)21-18(22-17)27-9-6-24-4-7-26-8-5-24/h2-3,10-11,25H,4-9,12H2,1H3,(H2,19,21,22). The number of nitrogens with zero attached hydrogens (tertiary/aromatic N) is 5. The Hall–Kier alpha value is -2.78. The summed E-state index contributed by atoms with van der Waals surface area (Å²) in [6, 6.07) is 7.04. The predicted octanol–water partition coefficient (Wildman–Crippen LogP) is 2.07. The van der Waals surface area contributed by atoms with Gasteiger partial charge in [-0.25, -0.2) is 0 Å². The van der Waals surface area contributed by atoms with Crippen molar-refractivity contribution in [2.75, 3.05) is 45.2 Å². The third-order valence-corrected chi connectivity index (χ3v) is 4.10. The summed E-state index contributed by atoms with van der Waals surface area (Å²) in [5.74, 6) is 0.767. The highest BCUT2D eigenvalue weighted by Gasteiger charge is 2.11. The van der Waals surface area contributed by atoms with Gasteiger partial charge in [0.05, 0.1) is 19.8 Å². The van der Waals surface area contributed by atoms with Gasteiger partial charge in [0, 0.05) is 31.3 Å². The molecule has 1 aliphatic rings. The van der Waals surface area contributed by atoms with Crippen molar-refractivity contribution in [3.05, 3.63) is 35.4 Å². The maximum Gasteiger partial charge on any atom is 0.320 e. The fraction of sp³-hybridized carbons (Fsp3) is 0.444. The van der Waals surface area contributed by atoms with Gasteiger partial charge in [0.15, 0.2) is 5.82 Å². The Balaban J connectivity index is 1.56. The van der Waals surface area contributed by atoms with E-state index in [1.54, 1.807) is 6.07 Å². The van der Waals surface area contributed by atoms with E-state index in [1.807, 2.05) is 19.1 Å². The molecule has 1 aliphatic heterocycles. The minimum absolute atomic E-state index is 0.176. The maximum absolute atomic E-state index is 9.85. The molecule has 2 heterocycles. The highest BCUT2D eigenvalue weighted by atomic mass is 16.5. The Labute approximate surface area is 157 Å². The summed E-state index contributed by atoms with van der Waals surface area (Å²) in [6.07, 6.45) is 0. The van der Waals surface area contributed by atoms with Crippen molar-refractivity contribution >= 4 is 11.6 Å². The lowest BCUT2D eigenvalue weighted by Crippen LogP contribution is -2.38. The molecule has 9 nitrogen and oxygen atoms in total. The monoisotopic (exact) mass is 372 g/mol. The lowest BCUT2D eigenvalue weighted by Gasteiger charge is -2.26. The molecule has 1 aromatic heterocycles. The van der Waals surface area contributed by atoms with Crippen LogP contribution in [0, 0.1) is 6.92 Å². The second-order valence-corrected chi connectivity index (χ2v) is 6.27.